The maximum atomic E-state index is 12.2. The summed E-state index contributed by atoms with van der Waals surface area (Å²) in [6, 6.07) is 10.5. The Bertz CT molecular complexity index is 405. The molecule has 0 fully saturated rings. The normalized spacial score (nSPS) is 13.7. The second-order valence-corrected chi connectivity index (χ2v) is 5.70. The molecular formula is C18H30N2O. The monoisotopic (exact) mass is 290 g/mol. The highest BCUT2D eigenvalue weighted by molar-refractivity contribution is 5.81. The first-order valence-electron chi connectivity index (χ1n) is 8.16. The van der Waals surface area contributed by atoms with E-state index < -0.39 is 0 Å². The highest BCUT2D eigenvalue weighted by atomic mass is 16.2. The summed E-state index contributed by atoms with van der Waals surface area (Å²) in [4.78, 5) is 14.0. The molecule has 1 rings (SSSR count). The van der Waals surface area contributed by atoms with Gasteiger partial charge in [-0.15, -0.1) is 0 Å². The number of amides is 1. The van der Waals surface area contributed by atoms with E-state index in [1.807, 2.05) is 27.0 Å². The van der Waals surface area contributed by atoms with Crippen molar-refractivity contribution in [1.29, 1.82) is 0 Å². The van der Waals surface area contributed by atoms with Gasteiger partial charge < -0.3 is 4.90 Å². The topological polar surface area (TPSA) is 32.3 Å². The average Bonchev–Trinajstić information content (AvgIpc) is 2.53. The summed E-state index contributed by atoms with van der Waals surface area (Å²) < 4.78 is 0. The number of carbonyl (C=O) groups excluding carboxylic acids is 1. The minimum Gasteiger partial charge on any atom is -0.345 e. The molecule has 0 aliphatic carbocycles. The molecule has 0 aliphatic rings. The van der Waals surface area contributed by atoms with Crippen LogP contribution in [0.1, 0.15) is 58.1 Å². The smallest absolute Gasteiger partial charge is 0.239 e. The molecule has 118 valence electrons. The number of carbonyl (C=O) groups is 1. The third kappa shape index (κ3) is 5.88. The molecule has 3 heteroatoms. The fourth-order valence-corrected chi connectivity index (χ4v) is 2.49. The van der Waals surface area contributed by atoms with Gasteiger partial charge in [0, 0.05) is 19.6 Å². The average molecular weight is 290 g/mol. The minimum atomic E-state index is -0.151. The lowest BCUT2D eigenvalue weighted by Crippen LogP contribution is -2.44. The quantitative estimate of drug-likeness (QED) is 0.702. The summed E-state index contributed by atoms with van der Waals surface area (Å²) in [6.07, 6.45) is 4.72. The maximum Gasteiger partial charge on any atom is 0.239 e. The van der Waals surface area contributed by atoms with Crippen LogP contribution in [0.15, 0.2) is 30.3 Å². The van der Waals surface area contributed by atoms with Gasteiger partial charge in [0.25, 0.3) is 0 Å². The Hall–Kier alpha value is -1.35. The van der Waals surface area contributed by atoms with Gasteiger partial charge in [-0.1, -0.05) is 56.5 Å². The van der Waals surface area contributed by atoms with Crippen molar-refractivity contribution in [3.63, 3.8) is 0 Å². The lowest BCUT2D eigenvalue weighted by atomic mass is 9.99. The third-order valence-electron chi connectivity index (χ3n) is 3.97. The van der Waals surface area contributed by atoms with Crippen LogP contribution in [0.5, 0.6) is 0 Å². The van der Waals surface area contributed by atoms with Gasteiger partial charge in [0.05, 0.1) is 6.04 Å². The summed E-state index contributed by atoms with van der Waals surface area (Å²) >= 11 is 0. The van der Waals surface area contributed by atoms with Crippen molar-refractivity contribution in [1.82, 2.24) is 10.2 Å². The second kappa shape index (κ2) is 9.56. The summed E-state index contributed by atoms with van der Waals surface area (Å²) in [5.41, 5.74) is 1.27. The number of unbranched alkanes of at least 4 members (excludes halogenated alkanes) is 2. The van der Waals surface area contributed by atoms with Crippen LogP contribution < -0.4 is 5.32 Å². The van der Waals surface area contributed by atoms with Crippen molar-refractivity contribution in [3.8, 4) is 0 Å². The number of rotatable bonds is 9. The summed E-state index contributed by atoms with van der Waals surface area (Å²) in [5, 5.41) is 3.52. The van der Waals surface area contributed by atoms with E-state index in [9.17, 15) is 4.79 Å². The number of nitrogens with zero attached hydrogens (tertiary/aromatic N) is 1. The molecule has 0 saturated heterocycles. The molecule has 0 aliphatic heterocycles. The minimum absolute atomic E-state index is 0.151. The van der Waals surface area contributed by atoms with Crippen LogP contribution in [-0.4, -0.2) is 30.4 Å². The summed E-state index contributed by atoms with van der Waals surface area (Å²) in [6.45, 7) is 6.93. The van der Waals surface area contributed by atoms with Gasteiger partial charge in [-0.25, -0.2) is 0 Å². The van der Waals surface area contributed by atoms with Crippen molar-refractivity contribution < 1.29 is 4.79 Å². The highest BCUT2D eigenvalue weighted by Gasteiger charge is 2.20. The van der Waals surface area contributed by atoms with Crippen LogP contribution >= 0.6 is 0 Å². The van der Waals surface area contributed by atoms with E-state index in [1.165, 1.54) is 24.8 Å². The Labute approximate surface area is 129 Å². The summed E-state index contributed by atoms with van der Waals surface area (Å²) in [7, 11) is 1.86. The van der Waals surface area contributed by atoms with Gasteiger partial charge in [-0.3, -0.25) is 10.1 Å². The van der Waals surface area contributed by atoms with E-state index in [4.69, 9.17) is 0 Å². The number of likely N-dealkylation sites (N-methyl/N-ethyl adjacent to an activating group) is 1. The van der Waals surface area contributed by atoms with Crippen LogP contribution in [-0.2, 0) is 4.79 Å². The maximum absolute atomic E-state index is 12.2. The SMILES string of the molecule is CCCCCC(NC(C)C(=O)N(C)CC)c1ccccc1. The molecule has 0 bridgehead atoms. The number of nitrogens with one attached hydrogen (secondary N) is 1. The van der Waals surface area contributed by atoms with Crippen molar-refractivity contribution in [3.05, 3.63) is 35.9 Å². The molecule has 0 heterocycles. The van der Waals surface area contributed by atoms with Gasteiger partial charge in [-0.2, -0.15) is 0 Å². The Morgan fingerprint density at radius 2 is 1.86 bits per heavy atom. The predicted octanol–water partition coefficient (Wildman–Crippen LogP) is 3.76. The van der Waals surface area contributed by atoms with E-state index in [2.05, 4.69) is 36.5 Å². The fourth-order valence-electron chi connectivity index (χ4n) is 2.49. The fraction of sp³-hybridized carbons (Fsp3) is 0.611. The van der Waals surface area contributed by atoms with Crippen molar-refractivity contribution in [2.75, 3.05) is 13.6 Å². The Kier molecular flexibility index (Phi) is 8.06. The molecule has 1 N–H and O–H groups in total. The van der Waals surface area contributed by atoms with Crippen LogP contribution in [0.2, 0.25) is 0 Å². The van der Waals surface area contributed by atoms with Crippen LogP contribution in [0.3, 0.4) is 0 Å². The number of hydrogen-bond donors (Lipinski definition) is 1. The van der Waals surface area contributed by atoms with Crippen LogP contribution in [0, 0.1) is 0 Å². The Morgan fingerprint density at radius 3 is 2.43 bits per heavy atom. The predicted molar refractivity (Wildman–Crippen MR) is 89.2 cm³/mol. The molecule has 1 aromatic carbocycles. The molecule has 0 spiro atoms. The van der Waals surface area contributed by atoms with E-state index in [0.717, 1.165) is 13.0 Å². The standard InChI is InChI=1S/C18H30N2O/c1-5-7-9-14-17(16-12-10-8-11-13-16)19-15(3)18(21)20(4)6-2/h8,10-13,15,17,19H,5-7,9,14H2,1-4H3. The first-order valence-corrected chi connectivity index (χ1v) is 8.16. The van der Waals surface area contributed by atoms with E-state index in [1.54, 1.807) is 4.90 Å². The molecule has 0 aromatic heterocycles. The number of hydrogen-bond acceptors (Lipinski definition) is 2. The molecule has 2 atom stereocenters. The lowest BCUT2D eigenvalue weighted by Gasteiger charge is -2.26. The number of benzene rings is 1. The molecule has 2 unspecified atom stereocenters. The van der Waals surface area contributed by atoms with Crippen molar-refractivity contribution in [2.24, 2.45) is 0 Å². The molecule has 3 nitrogen and oxygen atoms in total. The zero-order chi connectivity index (χ0) is 15.7. The van der Waals surface area contributed by atoms with E-state index >= 15 is 0 Å². The van der Waals surface area contributed by atoms with Gasteiger partial charge in [0.2, 0.25) is 5.91 Å². The zero-order valence-electron chi connectivity index (χ0n) is 13.9. The van der Waals surface area contributed by atoms with Crippen LogP contribution in [0.4, 0.5) is 0 Å². The van der Waals surface area contributed by atoms with Gasteiger partial charge in [0.15, 0.2) is 0 Å². The summed E-state index contributed by atoms with van der Waals surface area (Å²) in [5.74, 6) is 0.161. The van der Waals surface area contributed by atoms with Gasteiger partial charge in [-0.05, 0) is 25.8 Å². The van der Waals surface area contributed by atoms with Gasteiger partial charge in [0.1, 0.15) is 0 Å². The molecule has 1 aromatic rings. The molecular weight excluding hydrogens is 260 g/mol. The zero-order valence-corrected chi connectivity index (χ0v) is 13.9. The van der Waals surface area contributed by atoms with E-state index in [0.29, 0.717) is 0 Å². The Balaban J connectivity index is 2.70. The molecule has 0 radical (unpaired) electrons. The van der Waals surface area contributed by atoms with Crippen molar-refractivity contribution in [2.45, 2.75) is 58.5 Å². The lowest BCUT2D eigenvalue weighted by molar-refractivity contribution is -0.131. The van der Waals surface area contributed by atoms with Crippen molar-refractivity contribution >= 4 is 5.91 Å². The first kappa shape index (κ1) is 17.7. The highest BCUT2D eigenvalue weighted by Crippen LogP contribution is 2.20. The van der Waals surface area contributed by atoms with Gasteiger partial charge >= 0.3 is 0 Å². The van der Waals surface area contributed by atoms with E-state index in [-0.39, 0.29) is 18.0 Å². The molecule has 0 saturated carbocycles. The third-order valence-corrected chi connectivity index (χ3v) is 3.97. The second-order valence-electron chi connectivity index (χ2n) is 5.70. The first-order chi connectivity index (χ1) is 10.1. The molecule has 21 heavy (non-hydrogen) atoms. The molecule has 1 amide bonds. The largest absolute Gasteiger partial charge is 0.345 e. The Morgan fingerprint density at radius 1 is 1.19 bits per heavy atom. The van der Waals surface area contributed by atoms with Crippen LogP contribution in [0.25, 0.3) is 0 Å².